The van der Waals surface area contributed by atoms with E-state index in [0.717, 1.165) is 27.5 Å². The molecule has 4 aromatic rings. The molecule has 0 fully saturated rings. The summed E-state index contributed by atoms with van der Waals surface area (Å²) < 4.78 is 1.88. The van der Waals surface area contributed by atoms with Crippen LogP contribution >= 0.6 is 46.1 Å². The molecule has 2 aromatic carbocycles. The van der Waals surface area contributed by atoms with Gasteiger partial charge in [-0.1, -0.05) is 53.0 Å². The maximum Gasteiger partial charge on any atom is 0.105 e. The number of hydrogen-bond donors (Lipinski definition) is 0. The van der Waals surface area contributed by atoms with E-state index in [2.05, 4.69) is 0 Å². The molecule has 0 radical (unpaired) electrons. The van der Waals surface area contributed by atoms with E-state index < -0.39 is 0 Å². The number of aromatic nitrogens is 2. The molecule has 0 aliphatic carbocycles. The third kappa shape index (κ3) is 3.33. The standard InChI is InChI=1S/C19H11Cl3N2S/c20-13-6-4-12(5-7-13)18-11-17(19-16(22)8-9-25-19)23-24(18)15-3-1-2-14(21)10-15/h1-11H. The molecule has 4 rings (SSSR count). The predicted octanol–water partition coefficient (Wildman–Crippen LogP) is 7.23. The second kappa shape index (κ2) is 6.85. The van der Waals surface area contributed by atoms with Crippen LogP contribution in [-0.2, 0) is 0 Å². The quantitative estimate of drug-likeness (QED) is 0.351. The summed E-state index contributed by atoms with van der Waals surface area (Å²) in [5, 5.41) is 8.78. The van der Waals surface area contributed by atoms with Gasteiger partial charge in [0, 0.05) is 15.6 Å². The molecule has 0 aliphatic heterocycles. The maximum atomic E-state index is 6.30. The third-order valence-electron chi connectivity index (χ3n) is 3.75. The highest BCUT2D eigenvalue weighted by Gasteiger charge is 2.16. The van der Waals surface area contributed by atoms with Crippen molar-refractivity contribution in [2.24, 2.45) is 0 Å². The molecule has 0 bridgehead atoms. The smallest absolute Gasteiger partial charge is 0.105 e. The fourth-order valence-electron chi connectivity index (χ4n) is 2.60. The Labute approximate surface area is 164 Å². The number of nitrogens with zero attached hydrogens (tertiary/aromatic N) is 2. The first kappa shape index (κ1) is 16.7. The molecule has 2 aromatic heterocycles. The Hall–Kier alpha value is -1.78. The monoisotopic (exact) mass is 404 g/mol. The maximum absolute atomic E-state index is 6.30. The van der Waals surface area contributed by atoms with Crippen molar-refractivity contribution in [2.45, 2.75) is 0 Å². The van der Waals surface area contributed by atoms with Crippen LogP contribution in [-0.4, -0.2) is 9.78 Å². The zero-order valence-electron chi connectivity index (χ0n) is 12.8. The van der Waals surface area contributed by atoms with Crippen molar-refractivity contribution in [3.63, 3.8) is 0 Å². The van der Waals surface area contributed by atoms with Crippen LogP contribution in [0.15, 0.2) is 66.0 Å². The Kier molecular flexibility index (Phi) is 4.57. The topological polar surface area (TPSA) is 17.8 Å². The van der Waals surface area contributed by atoms with Gasteiger partial charge in [-0.3, -0.25) is 0 Å². The summed E-state index contributed by atoms with van der Waals surface area (Å²) >= 11 is 20.1. The van der Waals surface area contributed by atoms with E-state index in [1.54, 1.807) is 11.3 Å². The Morgan fingerprint density at radius 3 is 2.32 bits per heavy atom. The summed E-state index contributed by atoms with van der Waals surface area (Å²) in [7, 11) is 0. The van der Waals surface area contributed by atoms with Crippen LogP contribution in [0.3, 0.4) is 0 Å². The van der Waals surface area contributed by atoms with Gasteiger partial charge in [0.1, 0.15) is 5.69 Å². The number of thiophene rings is 1. The van der Waals surface area contributed by atoms with Crippen molar-refractivity contribution in [2.75, 3.05) is 0 Å². The van der Waals surface area contributed by atoms with Crippen LogP contribution in [0.5, 0.6) is 0 Å². The number of halogens is 3. The Balaban J connectivity index is 1.93. The van der Waals surface area contributed by atoms with Gasteiger partial charge in [0.15, 0.2) is 0 Å². The summed E-state index contributed by atoms with van der Waals surface area (Å²) in [4.78, 5) is 0.942. The molecular formula is C19H11Cl3N2S. The highest BCUT2D eigenvalue weighted by Crippen LogP contribution is 2.36. The minimum Gasteiger partial charge on any atom is -0.232 e. The van der Waals surface area contributed by atoms with Crippen LogP contribution in [0.4, 0.5) is 0 Å². The number of hydrogen-bond acceptors (Lipinski definition) is 2. The SMILES string of the molecule is Clc1ccc(-c2cc(-c3sccc3Cl)nn2-c2cccc(Cl)c2)cc1. The van der Waals surface area contributed by atoms with Crippen molar-refractivity contribution in [3.8, 4) is 27.5 Å². The largest absolute Gasteiger partial charge is 0.232 e. The zero-order valence-corrected chi connectivity index (χ0v) is 15.9. The number of rotatable bonds is 3. The minimum atomic E-state index is 0.658. The summed E-state index contributed by atoms with van der Waals surface area (Å²) in [6.45, 7) is 0. The molecule has 2 heterocycles. The molecule has 0 amide bonds. The van der Waals surface area contributed by atoms with Crippen molar-refractivity contribution >= 4 is 46.1 Å². The third-order valence-corrected chi connectivity index (χ3v) is 5.60. The molecule has 0 saturated carbocycles. The molecule has 6 heteroatoms. The van der Waals surface area contributed by atoms with E-state index in [1.165, 1.54) is 0 Å². The van der Waals surface area contributed by atoms with Crippen LogP contribution in [0, 0.1) is 0 Å². The average molecular weight is 406 g/mol. The van der Waals surface area contributed by atoms with Gasteiger partial charge in [-0.2, -0.15) is 5.10 Å². The predicted molar refractivity (Wildman–Crippen MR) is 107 cm³/mol. The van der Waals surface area contributed by atoms with Crippen molar-refractivity contribution < 1.29 is 0 Å². The zero-order chi connectivity index (χ0) is 17.4. The van der Waals surface area contributed by atoms with E-state index in [1.807, 2.05) is 70.7 Å². The molecule has 2 nitrogen and oxygen atoms in total. The van der Waals surface area contributed by atoms with Crippen LogP contribution in [0.2, 0.25) is 15.1 Å². The molecule has 0 spiro atoms. The lowest BCUT2D eigenvalue weighted by Gasteiger charge is -2.08. The molecule has 124 valence electrons. The van der Waals surface area contributed by atoms with E-state index >= 15 is 0 Å². The van der Waals surface area contributed by atoms with Gasteiger partial charge in [-0.05, 0) is 47.8 Å². The molecule has 0 saturated heterocycles. The summed E-state index contributed by atoms with van der Waals surface area (Å²) in [5.74, 6) is 0. The highest BCUT2D eigenvalue weighted by atomic mass is 35.5. The van der Waals surface area contributed by atoms with Crippen molar-refractivity contribution in [3.05, 3.63) is 81.1 Å². The average Bonchev–Trinajstić information content (AvgIpc) is 3.22. The lowest BCUT2D eigenvalue weighted by atomic mass is 10.1. The van der Waals surface area contributed by atoms with Gasteiger partial charge in [-0.25, -0.2) is 4.68 Å². The first-order chi connectivity index (χ1) is 12.1. The van der Waals surface area contributed by atoms with Gasteiger partial charge >= 0.3 is 0 Å². The van der Waals surface area contributed by atoms with Gasteiger partial charge in [0.25, 0.3) is 0 Å². The molecular weight excluding hydrogens is 395 g/mol. The minimum absolute atomic E-state index is 0.658. The second-order valence-electron chi connectivity index (χ2n) is 5.41. The fraction of sp³-hybridized carbons (Fsp3) is 0. The Morgan fingerprint density at radius 2 is 1.64 bits per heavy atom. The molecule has 0 N–H and O–H groups in total. The molecule has 25 heavy (non-hydrogen) atoms. The molecule has 0 unspecified atom stereocenters. The first-order valence-electron chi connectivity index (χ1n) is 7.47. The van der Waals surface area contributed by atoms with Crippen molar-refractivity contribution in [1.29, 1.82) is 0 Å². The highest BCUT2D eigenvalue weighted by molar-refractivity contribution is 7.14. The molecule has 0 aliphatic rings. The Bertz CT molecular complexity index is 1040. The van der Waals surface area contributed by atoms with Crippen LogP contribution in [0.25, 0.3) is 27.5 Å². The second-order valence-corrected chi connectivity index (χ2v) is 7.61. The van der Waals surface area contributed by atoms with E-state index in [0.29, 0.717) is 15.1 Å². The summed E-state index contributed by atoms with van der Waals surface area (Å²) in [6, 6.07) is 19.2. The van der Waals surface area contributed by atoms with Gasteiger partial charge in [0.2, 0.25) is 0 Å². The fourth-order valence-corrected chi connectivity index (χ4v) is 4.02. The van der Waals surface area contributed by atoms with Gasteiger partial charge < -0.3 is 0 Å². The summed E-state index contributed by atoms with van der Waals surface area (Å²) in [6.07, 6.45) is 0. The first-order valence-corrected chi connectivity index (χ1v) is 9.48. The Morgan fingerprint density at radius 1 is 0.840 bits per heavy atom. The van der Waals surface area contributed by atoms with Gasteiger partial charge in [0.05, 0.1) is 21.3 Å². The van der Waals surface area contributed by atoms with Crippen LogP contribution in [0.1, 0.15) is 0 Å². The van der Waals surface area contributed by atoms with E-state index in [4.69, 9.17) is 39.9 Å². The molecule has 0 atom stereocenters. The van der Waals surface area contributed by atoms with E-state index in [9.17, 15) is 0 Å². The lowest BCUT2D eigenvalue weighted by molar-refractivity contribution is 0.893. The van der Waals surface area contributed by atoms with E-state index in [-0.39, 0.29) is 0 Å². The normalized spacial score (nSPS) is 11.0. The van der Waals surface area contributed by atoms with Crippen LogP contribution < -0.4 is 0 Å². The van der Waals surface area contributed by atoms with Gasteiger partial charge in [-0.15, -0.1) is 11.3 Å². The lowest BCUT2D eigenvalue weighted by Crippen LogP contribution is -1.99. The van der Waals surface area contributed by atoms with Crippen molar-refractivity contribution in [1.82, 2.24) is 9.78 Å². The number of benzene rings is 2. The summed E-state index contributed by atoms with van der Waals surface area (Å²) in [5.41, 5.74) is 3.66.